The van der Waals surface area contributed by atoms with Crippen LogP contribution >= 0.6 is 11.8 Å². The Labute approximate surface area is 59.9 Å². The van der Waals surface area contributed by atoms with E-state index in [1.54, 1.807) is 0 Å². The van der Waals surface area contributed by atoms with Crippen LogP contribution in [0.5, 0.6) is 0 Å². The van der Waals surface area contributed by atoms with Crippen LogP contribution in [0.15, 0.2) is 4.99 Å². The zero-order chi connectivity index (χ0) is 6.69. The SMILES string of the molecule is CC1CSC(CCN)=N1. The van der Waals surface area contributed by atoms with Gasteiger partial charge in [0, 0.05) is 12.2 Å². The molecule has 52 valence electrons. The van der Waals surface area contributed by atoms with E-state index in [9.17, 15) is 0 Å². The minimum atomic E-state index is 0.525. The van der Waals surface area contributed by atoms with E-state index in [1.807, 2.05) is 11.8 Å². The van der Waals surface area contributed by atoms with E-state index >= 15 is 0 Å². The second-order valence-electron chi connectivity index (χ2n) is 2.22. The van der Waals surface area contributed by atoms with Crippen LogP contribution in [0.3, 0.4) is 0 Å². The van der Waals surface area contributed by atoms with Crippen molar-refractivity contribution < 1.29 is 0 Å². The molecule has 0 fully saturated rings. The van der Waals surface area contributed by atoms with Gasteiger partial charge in [-0.1, -0.05) is 0 Å². The molecule has 9 heavy (non-hydrogen) atoms. The molecule has 1 unspecified atom stereocenters. The van der Waals surface area contributed by atoms with E-state index in [2.05, 4.69) is 11.9 Å². The van der Waals surface area contributed by atoms with Crippen LogP contribution in [0.1, 0.15) is 13.3 Å². The zero-order valence-electron chi connectivity index (χ0n) is 5.63. The lowest BCUT2D eigenvalue weighted by atomic mass is 10.4. The first-order chi connectivity index (χ1) is 4.33. The maximum Gasteiger partial charge on any atom is 0.0692 e. The number of nitrogens with zero attached hydrogens (tertiary/aromatic N) is 1. The molecule has 0 amide bonds. The fraction of sp³-hybridized carbons (Fsp3) is 0.833. The third-order valence-corrected chi connectivity index (χ3v) is 2.51. The summed E-state index contributed by atoms with van der Waals surface area (Å²) in [5.74, 6) is 1.15. The lowest BCUT2D eigenvalue weighted by Crippen LogP contribution is -2.03. The Kier molecular flexibility index (Phi) is 2.54. The smallest absolute Gasteiger partial charge is 0.0692 e. The van der Waals surface area contributed by atoms with Crippen LogP contribution in [0.25, 0.3) is 0 Å². The molecule has 0 aliphatic carbocycles. The summed E-state index contributed by atoms with van der Waals surface area (Å²) in [6, 6.07) is 0.525. The number of hydrogen-bond donors (Lipinski definition) is 1. The summed E-state index contributed by atoms with van der Waals surface area (Å²) in [6.07, 6.45) is 0.967. The lowest BCUT2D eigenvalue weighted by molar-refractivity contribution is 0.859. The minimum absolute atomic E-state index is 0.525. The van der Waals surface area contributed by atoms with Gasteiger partial charge in [0.15, 0.2) is 0 Å². The zero-order valence-corrected chi connectivity index (χ0v) is 6.45. The number of nitrogens with two attached hydrogens (primary N) is 1. The summed E-state index contributed by atoms with van der Waals surface area (Å²) in [7, 11) is 0. The molecule has 0 aromatic heterocycles. The normalized spacial score (nSPS) is 26.4. The highest BCUT2D eigenvalue weighted by atomic mass is 32.2. The molecule has 1 rings (SSSR count). The molecule has 3 heteroatoms. The molecule has 0 saturated carbocycles. The highest BCUT2D eigenvalue weighted by Crippen LogP contribution is 2.18. The van der Waals surface area contributed by atoms with Gasteiger partial charge in [0.1, 0.15) is 0 Å². The molecule has 1 aliphatic rings. The molecule has 0 bridgehead atoms. The fourth-order valence-electron chi connectivity index (χ4n) is 0.797. The molecular weight excluding hydrogens is 132 g/mol. The van der Waals surface area contributed by atoms with Crippen molar-refractivity contribution in [2.75, 3.05) is 12.3 Å². The first kappa shape index (κ1) is 7.09. The quantitative estimate of drug-likeness (QED) is 0.624. The lowest BCUT2D eigenvalue weighted by Gasteiger charge is -1.91. The summed E-state index contributed by atoms with van der Waals surface area (Å²) in [6.45, 7) is 2.87. The summed E-state index contributed by atoms with van der Waals surface area (Å²) in [5.41, 5.74) is 5.36. The van der Waals surface area contributed by atoms with Gasteiger partial charge in [-0.15, -0.1) is 11.8 Å². The van der Waals surface area contributed by atoms with Crippen LogP contribution in [-0.2, 0) is 0 Å². The Morgan fingerprint density at radius 1 is 1.89 bits per heavy atom. The van der Waals surface area contributed by atoms with Crippen molar-refractivity contribution in [3.63, 3.8) is 0 Å². The number of thioether (sulfide) groups is 1. The number of hydrogen-bond acceptors (Lipinski definition) is 3. The average molecular weight is 144 g/mol. The highest BCUT2D eigenvalue weighted by Gasteiger charge is 2.11. The maximum atomic E-state index is 5.36. The highest BCUT2D eigenvalue weighted by molar-refractivity contribution is 8.14. The maximum absolute atomic E-state index is 5.36. The van der Waals surface area contributed by atoms with Gasteiger partial charge >= 0.3 is 0 Å². The van der Waals surface area contributed by atoms with E-state index < -0.39 is 0 Å². The first-order valence-corrected chi connectivity index (χ1v) is 4.21. The van der Waals surface area contributed by atoms with Crippen molar-refractivity contribution in [1.29, 1.82) is 0 Å². The van der Waals surface area contributed by atoms with Crippen molar-refractivity contribution in [3.05, 3.63) is 0 Å². The van der Waals surface area contributed by atoms with E-state index in [4.69, 9.17) is 5.73 Å². The van der Waals surface area contributed by atoms with E-state index in [0.717, 1.165) is 18.7 Å². The van der Waals surface area contributed by atoms with E-state index in [1.165, 1.54) is 5.04 Å². The summed E-state index contributed by atoms with van der Waals surface area (Å²) >= 11 is 1.85. The molecule has 0 spiro atoms. The van der Waals surface area contributed by atoms with Crippen molar-refractivity contribution >= 4 is 16.8 Å². The van der Waals surface area contributed by atoms with Crippen molar-refractivity contribution in [1.82, 2.24) is 0 Å². The van der Waals surface area contributed by atoms with Gasteiger partial charge in [-0.3, -0.25) is 4.99 Å². The second kappa shape index (κ2) is 3.22. The summed E-state index contributed by atoms with van der Waals surface area (Å²) in [5, 5.41) is 1.24. The number of aliphatic imine (C=N–C) groups is 1. The third-order valence-electron chi connectivity index (χ3n) is 1.21. The van der Waals surface area contributed by atoms with Crippen molar-refractivity contribution in [2.24, 2.45) is 10.7 Å². The minimum Gasteiger partial charge on any atom is -0.330 e. The molecule has 2 N–H and O–H groups in total. The second-order valence-corrected chi connectivity index (χ2v) is 3.31. The van der Waals surface area contributed by atoms with Gasteiger partial charge in [0.05, 0.1) is 11.1 Å². The van der Waals surface area contributed by atoms with Crippen LogP contribution in [0, 0.1) is 0 Å². The molecule has 0 saturated heterocycles. The predicted molar refractivity (Wildman–Crippen MR) is 43.0 cm³/mol. The number of rotatable bonds is 2. The van der Waals surface area contributed by atoms with Crippen LogP contribution < -0.4 is 5.73 Å². The van der Waals surface area contributed by atoms with E-state index in [-0.39, 0.29) is 0 Å². The van der Waals surface area contributed by atoms with Gasteiger partial charge in [0.2, 0.25) is 0 Å². The fourth-order valence-corrected chi connectivity index (χ4v) is 1.82. The predicted octanol–water partition coefficient (Wildman–Crippen LogP) is 0.869. The topological polar surface area (TPSA) is 38.4 Å². The molecule has 0 aromatic rings. The van der Waals surface area contributed by atoms with Crippen LogP contribution in [0.2, 0.25) is 0 Å². The molecule has 1 heterocycles. The molecule has 1 aliphatic heterocycles. The largest absolute Gasteiger partial charge is 0.330 e. The Morgan fingerprint density at radius 3 is 3.11 bits per heavy atom. The molecule has 0 radical (unpaired) electrons. The van der Waals surface area contributed by atoms with Gasteiger partial charge in [-0.05, 0) is 13.5 Å². The van der Waals surface area contributed by atoms with Gasteiger partial charge in [0.25, 0.3) is 0 Å². The molecule has 1 atom stereocenters. The Hall–Kier alpha value is -0.0200. The van der Waals surface area contributed by atoms with Gasteiger partial charge in [-0.25, -0.2) is 0 Å². The Balaban J connectivity index is 2.33. The van der Waals surface area contributed by atoms with Crippen LogP contribution in [0.4, 0.5) is 0 Å². The third kappa shape index (κ3) is 1.99. The summed E-state index contributed by atoms with van der Waals surface area (Å²) < 4.78 is 0. The Bertz CT molecular complexity index is 122. The first-order valence-electron chi connectivity index (χ1n) is 3.22. The summed E-state index contributed by atoms with van der Waals surface area (Å²) in [4.78, 5) is 4.38. The van der Waals surface area contributed by atoms with Crippen molar-refractivity contribution in [3.8, 4) is 0 Å². The Morgan fingerprint density at radius 2 is 2.67 bits per heavy atom. The van der Waals surface area contributed by atoms with Gasteiger partial charge in [-0.2, -0.15) is 0 Å². The molecule has 0 aromatic carbocycles. The van der Waals surface area contributed by atoms with Crippen molar-refractivity contribution in [2.45, 2.75) is 19.4 Å². The average Bonchev–Trinajstić information content (AvgIpc) is 2.17. The van der Waals surface area contributed by atoms with Crippen LogP contribution in [-0.4, -0.2) is 23.4 Å². The standard InChI is InChI=1S/C6H12N2S/c1-5-4-9-6(8-5)2-3-7/h5H,2-4,7H2,1H3. The van der Waals surface area contributed by atoms with E-state index in [0.29, 0.717) is 6.04 Å². The monoisotopic (exact) mass is 144 g/mol. The molecule has 2 nitrogen and oxygen atoms in total. The van der Waals surface area contributed by atoms with Gasteiger partial charge < -0.3 is 5.73 Å². The molecular formula is C6H12N2S.